The third-order valence-corrected chi connectivity index (χ3v) is 4.48. The number of rotatable bonds is 1. The highest BCUT2D eigenvalue weighted by molar-refractivity contribution is 5.07. The Balaban J connectivity index is 2.15. The van der Waals surface area contributed by atoms with Gasteiger partial charge in [0.15, 0.2) is 0 Å². The van der Waals surface area contributed by atoms with Gasteiger partial charge in [0, 0.05) is 31.6 Å². The summed E-state index contributed by atoms with van der Waals surface area (Å²) in [5, 5.41) is 10.8. The highest BCUT2D eigenvalue weighted by Crippen LogP contribution is 2.44. The molecule has 1 aliphatic carbocycles. The third kappa shape index (κ3) is 2.13. The van der Waals surface area contributed by atoms with Crippen LogP contribution < -0.4 is 5.73 Å². The second-order valence-corrected chi connectivity index (χ2v) is 6.15. The summed E-state index contributed by atoms with van der Waals surface area (Å²) >= 11 is 0. The molecule has 1 saturated carbocycles. The molecule has 0 amide bonds. The van der Waals surface area contributed by atoms with Crippen LogP contribution in [0.1, 0.15) is 46.0 Å². The monoisotopic (exact) mass is 227 g/mol. The van der Waals surface area contributed by atoms with Crippen LogP contribution in [-0.4, -0.2) is 29.5 Å². The zero-order valence-electron chi connectivity index (χ0n) is 10.5. The summed E-state index contributed by atoms with van der Waals surface area (Å²) in [6, 6.07) is 0. The smallest absolute Gasteiger partial charge is 0.0870 e. The summed E-state index contributed by atoms with van der Waals surface area (Å²) in [7, 11) is 0. The van der Waals surface area contributed by atoms with Crippen molar-refractivity contribution in [2.75, 3.05) is 13.2 Å². The highest BCUT2D eigenvalue weighted by Gasteiger charge is 2.50. The molecule has 2 atom stereocenters. The Bertz CT molecular complexity index is 238. The van der Waals surface area contributed by atoms with E-state index in [-0.39, 0.29) is 0 Å². The molecule has 94 valence electrons. The molecule has 0 bridgehead atoms. The lowest BCUT2D eigenvalue weighted by Crippen LogP contribution is -2.65. The average molecular weight is 227 g/mol. The molecule has 1 saturated heterocycles. The van der Waals surface area contributed by atoms with E-state index in [4.69, 9.17) is 10.5 Å². The Kier molecular flexibility index (Phi) is 3.30. The standard InChI is InChI=1S/C13H25NO2/c1-10-7-11(2)9-12(14,8-10)13(15)3-5-16-6-4-13/h10-11,15H,3-9,14H2,1-2H3. The number of ether oxygens (including phenoxy) is 1. The molecular formula is C13H25NO2. The highest BCUT2D eigenvalue weighted by atomic mass is 16.5. The SMILES string of the molecule is CC1CC(C)CC(N)(C2(O)CCOCC2)C1. The Labute approximate surface area is 98.4 Å². The second kappa shape index (κ2) is 4.28. The Morgan fingerprint density at radius 3 is 2.12 bits per heavy atom. The first kappa shape index (κ1) is 12.3. The zero-order valence-corrected chi connectivity index (χ0v) is 10.5. The van der Waals surface area contributed by atoms with E-state index in [0.717, 1.165) is 12.8 Å². The van der Waals surface area contributed by atoms with E-state index in [1.165, 1.54) is 6.42 Å². The van der Waals surface area contributed by atoms with E-state index >= 15 is 0 Å². The maximum atomic E-state index is 10.8. The molecule has 0 aromatic rings. The maximum absolute atomic E-state index is 10.8. The summed E-state index contributed by atoms with van der Waals surface area (Å²) in [4.78, 5) is 0. The molecule has 2 fully saturated rings. The van der Waals surface area contributed by atoms with E-state index in [0.29, 0.717) is 37.9 Å². The van der Waals surface area contributed by atoms with Crippen LogP contribution in [0.4, 0.5) is 0 Å². The van der Waals surface area contributed by atoms with Gasteiger partial charge in [0.1, 0.15) is 0 Å². The molecule has 0 radical (unpaired) electrons. The molecule has 2 aliphatic rings. The van der Waals surface area contributed by atoms with Crippen molar-refractivity contribution >= 4 is 0 Å². The van der Waals surface area contributed by atoms with E-state index < -0.39 is 11.1 Å². The van der Waals surface area contributed by atoms with Crippen molar-refractivity contribution in [2.24, 2.45) is 17.6 Å². The van der Waals surface area contributed by atoms with Crippen molar-refractivity contribution in [3.8, 4) is 0 Å². The normalized spacial score (nSPS) is 44.2. The predicted octanol–water partition coefficient (Wildman–Crippen LogP) is 1.68. The topological polar surface area (TPSA) is 55.5 Å². The minimum Gasteiger partial charge on any atom is -0.388 e. The van der Waals surface area contributed by atoms with Gasteiger partial charge in [-0.25, -0.2) is 0 Å². The van der Waals surface area contributed by atoms with Crippen LogP contribution in [0.15, 0.2) is 0 Å². The van der Waals surface area contributed by atoms with Gasteiger partial charge >= 0.3 is 0 Å². The van der Waals surface area contributed by atoms with Crippen LogP contribution in [0, 0.1) is 11.8 Å². The van der Waals surface area contributed by atoms with Gasteiger partial charge < -0.3 is 15.6 Å². The van der Waals surface area contributed by atoms with Crippen molar-refractivity contribution in [2.45, 2.75) is 57.1 Å². The van der Waals surface area contributed by atoms with Gasteiger partial charge in [0.2, 0.25) is 0 Å². The molecule has 3 heteroatoms. The van der Waals surface area contributed by atoms with Crippen LogP contribution in [0.5, 0.6) is 0 Å². The van der Waals surface area contributed by atoms with Gasteiger partial charge in [0.25, 0.3) is 0 Å². The van der Waals surface area contributed by atoms with Crippen LogP contribution in [0.25, 0.3) is 0 Å². The molecule has 0 spiro atoms. The van der Waals surface area contributed by atoms with Crippen LogP contribution >= 0.6 is 0 Å². The molecule has 1 aliphatic heterocycles. The van der Waals surface area contributed by atoms with E-state index in [1.54, 1.807) is 0 Å². The minimum absolute atomic E-state index is 0.395. The molecule has 0 aromatic heterocycles. The number of hydrogen-bond acceptors (Lipinski definition) is 3. The Hall–Kier alpha value is -0.120. The minimum atomic E-state index is -0.700. The summed E-state index contributed by atoms with van der Waals surface area (Å²) in [6.07, 6.45) is 4.54. The first-order valence-corrected chi connectivity index (χ1v) is 6.54. The van der Waals surface area contributed by atoms with Gasteiger partial charge in [-0.15, -0.1) is 0 Å². The number of nitrogens with two attached hydrogens (primary N) is 1. The van der Waals surface area contributed by atoms with Crippen molar-refractivity contribution in [1.82, 2.24) is 0 Å². The average Bonchev–Trinajstić information content (AvgIpc) is 2.16. The zero-order chi connectivity index (χ0) is 11.8. The van der Waals surface area contributed by atoms with Crippen LogP contribution in [0.3, 0.4) is 0 Å². The van der Waals surface area contributed by atoms with Gasteiger partial charge in [-0.05, 0) is 31.1 Å². The molecule has 1 heterocycles. The Morgan fingerprint density at radius 2 is 1.62 bits per heavy atom. The lowest BCUT2D eigenvalue weighted by atomic mass is 9.62. The molecule has 2 unspecified atom stereocenters. The van der Waals surface area contributed by atoms with E-state index in [2.05, 4.69) is 13.8 Å². The van der Waals surface area contributed by atoms with Crippen molar-refractivity contribution in [3.63, 3.8) is 0 Å². The predicted molar refractivity (Wildman–Crippen MR) is 64.1 cm³/mol. The fourth-order valence-electron chi connectivity index (χ4n) is 3.77. The number of hydrogen-bond donors (Lipinski definition) is 2. The first-order chi connectivity index (χ1) is 7.45. The van der Waals surface area contributed by atoms with Crippen LogP contribution in [0.2, 0.25) is 0 Å². The summed E-state index contributed by atoms with van der Waals surface area (Å²) in [5.41, 5.74) is 5.45. The number of aliphatic hydroxyl groups is 1. The van der Waals surface area contributed by atoms with Gasteiger partial charge in [0.05, 0.1) is 5.60 Å². The lowest BCUT2D eigenvalue weighted by molar-refractivity contribution is -0.128. The molecule has 3 nitrogen and oxygen atoms in total. The van der Waals surface area contributed by atoms with Crippen LogP contribution in [-0.2, 0) is 4.74 Å². The molecule has 2 rings (SSSR count). The quantitative estimate of drug-likeness (QED) is 0.716. The van der Waals surface area contributed by atoms with Crippen molar-refractivity contribution in [3.05, 3.63) is 0 Å². The van der Waals surface area contributed by atoms with E-state index in [1.807, 2.05) is 0 Å². The fourth-order valence-corrected chi connectivity index (χ4v) is 3.77. The first-order valence-electron chi connectivity index (χ1n) is 6.54. The lowest BCUT2D eigenvalue weighted by Gasteiger charge is -2.51. The third-order valence-electron chi connectivity index (χ3n) is 4.48. The fraction of sp³-hybridized carbons (Fsp3) is 1.00. The summed E-state index contributed by atoms with van der Waals surface area (Å²) < 4.78 is 5.34. The van der Waals surface area contributed by atoms with Crippen molar-refractivity contribution in [1.29, 1.82) is 0 Å². The van der Waals surface area contributed by atoms with Crippen molar-refractivity contribution < 1.29 is 9.84 Å². The Morgan fingerprint density at radius 1 is 1.12 bits per heavy atom. The summed E-state index contributed by atoms with van der Waals surface area (Å²) in [5.74, 6) is 1.25. The maximum Gasteiger partial charge on any atom is 0.0870 e. The second-order valence-electron chi connectivity index (χ2n) is 6.15. The summed E-state index contributed by atoms with van der Waals surface area (Å²) in [6.45, 7) is 5.80. The van der Waals surface area contributed by atoms with E-state index in [9.17, 15) is 5.11 Å². The van der Waals surface area contributed by atoms with Gasteiger partial charge in [-0.1, -0.05) is 13.8 Å². The van der Waals surface area contributed by atoms with Gasteiger partial charge in [-0.2, -0.15) is 0 Å². The molecule has 16 heavy (non-hydrogen) atoms. The largest absolute Gasteiger partial charge is 0.388 e. The molecule has 0 aromatic carbocycles. The van der Waals surface area contributed by atoms with Gasteiger partial charge in [-0.3, -0.25) is 0 Å². The molecular weight excluding hydrogens is 202 g/mol. The molecule has 3 N–H and O–H groups in total.